The second-order valence-electron chi connectivity index (χ2n) is 4.74. The van der Waals surface area contributed by atoms with Crippen molar-refractivity contribution in [2.75, 3.05) is 6.61 Å². The average Bonchev–Trinajstić information content (AvgIpc) is 2.29. The highest BCUT2D eigenvalue weighted by Gasteiger charge is 2.25. The number of nitrogens with one attached hydrogen (secondary N) is 1. The summed E-state index contributed by atoms with van der Waals surface area (Å²) in [6.45, 7) is 3.58. The zero-order chi connectivity index (χ0) is 12.7. The van der Waals surface area contributed by atoms with Crippen molar-refractivity contribution < 1.29 is 14.3 Å². The highest BCUT2D eigenvalue weighted by atomic mass is 16.5. The topological polar surface area (TPSA) is 55.4 Å². The first-order chi connectivity index (χ1) is 8.13. The molecule has 0 aromatic carbocycles. The van der Waals surface area contributed by atoms with Crippen molar-refractivity contribution in [3.63, 3.8) is 0 Å². The fourth-order valence-electron chi connectivity index (χ4n) is 2.46. The molecule has 4 nitrogen and oxygen atoms in total. The fourth-order valence-corrected chi connectivity index (χ4v) is 2.46. The van der Waals surface area contributed by atoms with E-state index in [1.54, 1.807) is 6.92 Å². The Hall–Kier alpha value is -1.06. The second kappa shape index (κ2) is 7.30. The average molecular weight is 241 g/mol. The van der Waals surface area contributed by atoms with E-state index in [9.17, 15) is 9.59 Å². The lowest BCUT2D eigenvalue weighted by molar-refractivity contribution is -0.147. The third-order valence-electron chi connectivity index (χ3n) is 3.24. The van der Waals surface area contributed by atoms with Crippen LogP contribution in [0.1, 0.15) is 52.4 Å². The third kappa shape index (κ3) is 5.20. The van der Waals surface area contributed by atoms with E-state index < -0.39 is 6.04 Å². The molecule has 0 bridgehead atoms. The number of ether oxygens (including phenoxy) is 1. The van der Waals surface area contributed by atoms with Gasteiger partial charge in [0, 0.05) is 6.92 Å². The maximum Gasteiger partial charge on any atom is 0.328 e. The molecule has 0 aromatic rings. The van der Waals surface area contributed by atoms with E-state index in [4.69, 9.17) is 4.74 Å². The van der Waals surface area contributed by atoms with Crippen molar-refractivity contribution in [3.05, 3.63) is 0 Å². The standard InChI is InChI=1S/C13H23NO3/c1-3-17-13(16)12(14-10(2)15)9-11-7-5-4-6-8-11/h11-12H,3-9H2,1-2H3,(H,14,15). The van der Waals surface area contributed by atoms with Gasteiger partial charge in [0.2, 0.25) is 5.91 Å². The minimum Gasteiger partial charge on any atom is -0.464 e. The van der Waals surface area contributed by atoms with Crippen LogP contribution in [0.2, 0.25) is 0 Å². The lowest BCUT2D eigenvalue weighted by Gasteiger charge is -2.25. The van der Waals surface area contributed by atoms with Crippen molar-refractivity contribution in [2.45, 2.75) is 58.4 Å². The van der Waals surface area contributed by atoms with Gasteiger partial charge in [-0.25, -0.2) is 4.79 Å². The molecule has 1 amide bonds. The van der Waals surface area contributed by atoms with Gasteiger partial charge in [-0.3, -0.25) is 4.79 Å². The van der Waals surface area contributed by atoms with Crippen LogP contribution in [-0.2, 0) is 14.3 Å². The summed E-state index contributed by atoms with van der Waals surface area (Å²) in [5, 5.41) is 2.70. The van der Waals surface area contributed by atoms with Crippen molar-refractivity contribution in [2.24, 2.45) is 5.92 Å². The molecule has 0 saturated heterocycles. The van der Waals surface area contributed by atoms with Crippen LogP contribution in [0.5, 0.6) is 0 Å². The number of carbonyl (C=O) groups excluding carboxylic acids is 2. The summed E-state index contributed by atoms with van der Waals surface area (Å²) >= 11 is 0. The summed E-state index contributed by atoms with van der Waals surface area (Å²) in [6.07, 6.45) is 6.81. The van der Waals surface area contributed by atoms with E-state index in [0.29, 0.717) is 12.5 Å². The number of hydrogen-bond donors (Lipinski definition) is 1. The van der Waals surface area contributed by atoms with Gasteiger partial charge in [0.1, 0.15) is 6.04 Å². The molecule has 1 fully saturated rings. The highest BCUT2D eigenvalue weighted by Crippen LogP contribution is 2.27. The summed E-state index contributed by atoms with van der Waals surface area (Å²) in [4.78, 5) is 22.8. The summed E-state index contributed by atoms with van der Waals surface area (Å²) in [5.41, 5.74) is 0. The van der Waals surface area contributed by atoms with Crippen molar-refractivity contribution >= 4 is 11.9 Å². The molecule has 17 heavy (non-hydrogen) atoms. The monoisotopic (exact) mass is 241 g/mol. The van der Waals surface area contributed by atoms with E-state index in [2.05, 4.69) is 5.32 Å². The zero-order valence-electron chi connectivity index (χ0n) is 10.8. The first-order valence-corrected chi connectivity index (χ1v) is 6.57. The van der Waals surface area contributed by atoms with Crippen LogP contribution in [0.25, 0.3) is 0 Å². The predicted octanol–water partition coefficient (Wildman–Crippen LogP) is 2.02. The Morgan fingerprint density at radius 3 is 2.47 bits per heavy atom. The van der Waals surface area contributed by atoms with Gasteiger partial charge in [-0.05, 0) is 19.3 Å². The van der Waals surface area contributed by atoms with Gasteiger partial charge < -0.3 is 10.1 Å². The number of carbonyl (C=O) groups is 2. The molecule has 0 aliphatic heterocycles. The van der Waals surface area contributed by atoms with Gasteiger partial charge in [-0.15, -0.1) is 0 Å². The van der Waals surface area contributed by atoms with Crippen molar-refractivity contribution in [3.8, 4) is 0 Å². The lowest BCUT2D eigenvalue weighted by Crippen LogP contribution is -2.42. The Labute approximate surface area is 103 Å². The van der Waals surface area contributed by atoms with E-state index in [0.717, 1.165) is 19.3 Å². The van der Waals surface area contributed by atoms with Crippen molar-refractivity contribution in [1.82, 2.24) is 5.32 Å². The minimum absolute atomic E-state index is 0.168. The van der Waals surface area contributed by atoms with Crippen LogP contribution in [0.3, 0.4) is 0 Å². The molecule has 0 radical (unpaired) electrons. The van der Waals surface area contributed by atoms with Crippen LogP contribution in [0.15, 0.2) is 0 Å². The van der Waals surface area contributed by atoms with Gasteiger partial charge in [0.15, 0.2) is 0 Å². The van der Waals surface area contributed by atoms with E-state index in [1.807, 2.05) is 0 Å². The zero-order valence-corrected chi connectivity index (χ0v) is 10.8. The van der Waals surface area contributed by atoms with Gasteiger partial charge in [0.05, 0.1) is 6.61 Å². The van der Waals surface area contributed by atoms with Crippen LogP contribution in [-0.4, -0.2) is 24.5 Å². The van der Waals surface area contributed by atoms with Gasteiger partial charge in [-0.1, -0.05) is 32.1 Å². The molecule has 1 saturated carbocycles. The fraction of sp³-hybridized carbons (Fsp3) is 0.846. The molecule has 1 aliphatic carbocycles. The maximum atomic E-state index is 11.7. The molecule has 1 rings (SSSR count). The maximum absolute atomic E-state index is 11.7. The molecule has 0 heterocycles. The number of amides is 1. The molecule has 1 N–H and O–H groups in total. The van der Waals surface area contributed by atoms with Gasteiger partial charge in [0.25, 0.3) is 0 Å². The van der Waals surface area contributed by atoms with Gasteiger partial charge >= 0.3 is 5.97 Å². The molecule has 0 spiro atoms. The molecule has 1 atom stereocenters. The number of rotatable bonds is 5. The smallest absolute Gasteiger partial charge is 0.328 e. The SMILES string of the molecule is CCOC(=O)C(CC1CCCCC1)NC(C)=O. The van der Waals surface area contributed by atoms with E-state index >= 15 is 0 Å². The van der Waals surface area contributed by atoms with Crippen LogP contribution < -0.4 is 5.32 Å². The molecule has 0 aromatic heterocycles. The Morgan fingerprint density at radius 1 is 1.29 bits per heavy atom. The lowest BCUT2D eigenvalue weighted by atomic mass is 9.85. The summed E-state index contributed by atoms with van der Waals surface area (Å²) in [6, 6.07) is -0.462. The molecule has 1 unspecified atom stereocenters. The Kier molecular flexibility index (Phi) is 6.01. The summed E-state index contributed by atoms with van der Waals surface area (Å²) in [5.74, 6) is 0.0807. The Balaban J connectivity index is 2.49. The first kappa shape index (κ1) is 14.0. The number of esters is 1. The van der Waals surface area contributed by atoms with Gasteiger partial charge in [-0.2, -0.15) is 0 Å². The summed E-state index contributed by atoms with van der Waals surface area (Å²) < 4.78 is 4.99. The van der Waals surface area contributed by atoms with Crippen LogP contribution in [0.4, 0.5) is 0 Å². The Morgan fingerprint density at radius 2 is 1.94 bits per heavy atom. The molecule has 4 heteroatoms. The molecule has 1 aliphatic rings. The molecular weight excluding hydrogens is 218 g/mol. The minimum atomic E-state index is -0.462. The predicted molar refractivity (Wildman–Crippen MR) is 65.4 cm³/mol. The van der Waals surface area contributed by atoms with Crippen LogP contribution in [0, 0.1) is 5.92 Å². The third-order valence-corrected chi connectivity index (χ3v) is 3.24. The van der Waals surface area contributed by atoms with Crippen LogP contribution >= 0.6 is 0 Å². The number of hydrogen-bond acceptors (Lipinski definition) is 3. The largest absolute Gasteiger partial charge is 0.464 e. The van der Waals surface area contributed by atoms with E-state index in [1.165, 1.54) is 26.2 Å². The normalized spacial score (nSPS) is 18.5. The second-order valence-corrected chi connectivity index (χ2v) is 4.74. The Bertz CT molecular complexity index is 259. The van der Waals surface area contributed by atoms with Crippen molar-refractivity contribution in [1.29, 1.82) is 0 Å². The van der Waals surface area contributed by atoms with E-state index in [-0.39, 0.29) is 11.9 Å². The highest BCUT2D eigenvalue weighted by molar-refractivity contribution is 5.83. The molecular formula is C13H23NO3. The first-order valence-electron chi connectivity index (χ1n) is 6.57. The quantitative estimate of drug-likeness (QED) is 0.749. The molecule has 98 valence electrons. The summed E-state index contributed by atoms with van der Waals surface area (Å²) in [7, 11) is 0.